The maximum absolute atomic E-state index is 11.4. The van der Waals surface area contributed by atoms with Crippen LogP contribution >= 0.6 is 0 Å². The monoisotopic (exact) mass is 247 g/mol. The Morgan fingerprint density at radius 2 is 2.11 bits per heavy atom. The minimum absolute atomic E-state index is 0.149. The summed E-state index contributed by atoms with van der Waals surface area (Å²) >= 11 is 0. The number of ether oxygens (including phenoxy) is 1. The SMILES string of the molecule is COc1c(NCc2ccc(O)cc2)nc[nH]c1=O. The first kappa shape index (κ1) is 12.0. The van der Waals surface area contributed by atoms with Gasteiger partial charge in [-0.05, 0) is 17.7 Å². The van der Waals surface area contributed by atoms with Gasteiger partial charge in [-0.2, -0.15) is 0 Å². The number of hydrogen-bond donors (Lipinski definition) is 3. The molecule has 3 N–H and O–H groups in total. The lowest BCUT2D eigenvalue weighted by molar-refractivity contribution is 0.408. The van der Waals surface area contributed by atoms with Crippen molar-refractivity contribution in [3.05, 3.63) is 46.5 Å². The zero-order chi connectivity index (χ0) is 13.0. The fourth-order valence-corrected chi connectivity index (χ4v) is 1.50. The number of hydrogen-bond acceptors (Lipinski definition) is 5. The Bertz CT molecular complexity index is 578. The molecular weight excluding hydrogens is 234 g/mol. The molecule has 0 radical (unpaired) electrons. The van der Waals surface area contributed by atoms with E-state index in [1.807, 2.05) is 0 Å². The van der Waals surface area contributed by atoms with Crippen LogP contribution in [0.4, 0.5) is 5.82 Å². The molecule has 6 heteroatoms. The summed E-state index contributed by atoms with van der Waals surface area (Å²) in [6.07, 6.45) is 1.31. The number of nitrogens with zero attached hydrogens (tertiary/aromatic N) is 1. The summed E-state index contributed by atoms with van der Waals surface area (Å²) < 4.78 is 4.97. The molecule has 0 atom stereocenters. The van der Waals surface area contributed by atoms with Gasteiger partial charge in [-0.3, -0.25) is 4.79 Å². The van der Waals surface area contributed by atoms with Crippen molar-refractivity contribution in [1.29, 1.82) is 0 Å². The minimum atomic E-state index is -0.333. The Hall–Kier alpha value is -2.50. The molecule has 0 amide bonds. The summed E-state index contributed by atoms with van der Waals surface area (Å²) in [5.74, 6) is 0.746. The van der Waals surface area contributed by atoms with Crippen molar-refractivity contribution in [1.82, 2.24) is 9.97 Å². The number of aromatic hydroxyl groups is 1. The van der Waals surface area contributed by atoms with Gasteiger partial charge in [0, 0.05) is 6.54 Å². The van der Waals surface area contributed by atoms with Crippen LogP contribution in [0.2, 0.25) is 0 Å². The summed E-state index contributed by atoms with van der Waals surface area (Å²) in [4.78, 5) is 17.9. The molecule has 0 fully saturated rings. The fraction of sp³-hybridized carbons (Fsp3) is 0.167. The van der Waals surface area contributed by atoms with Crippen LogP contribution in [0, 0.1) is 0 Å². The average Bonchev–Trinajstić information content (AvgIpc) is 2.38. The second-order valence-corrected chi connectivity index (χ2v) is 3.63. The van der Waals surface area contributed by atoms with E-state index in [4.69, 9.17) is 9.84 Å². The van der Waals surface area contributed by atoms with Gasteiger partial charge in [-0.1, -0.05) is 12.1 Å². The summed E-state index contributed by atoms with van der Waals surface area (Å²) in [6, 6.07) is 6.75. The second-order valence-electron chi connectivity index (χ2n) is 3.63. The Kier molecular flexibility index (Phi) is 3.47. The normalized spacial score (nSPS) is 10.1. The van der Waals surface area contributed by atoms with E-state index in [0.717, 1.165) is 5.56 Å². The zero-order valence-electron chi connectivity index (χ0n) is 9.80. The van der Waals surface area contributed by atoms with Crippen molar-refractivity contribution in [3.8, 4) is 11.5 Å². The lowest BCUT2D eigenvalue weighted by Crippen LogP contribution is -2.13. The number of H-pyrrole nitrogens is 1. The number of rotatable bonds is 4. The number of aromatic amines is 1. The van der Waals surface area contributed by atoms with Crippen LogP contribution < -0.4 is 15.6 Å². The van der Waals surface area contributed by atoms with Gasteiger partial charge in [0.15, 0.2) is 5.82 Å². The molecule has 0 spiro atoms. The molecule has 2 aromatic rings. The molecular formula is C12H13N3O3. The minimum Gasteiger partial charge on any atom is -0.508 e. The van der Waals surface area contributed by atoms with Crippen molar-refractivity contribution < 1.29 is 9.84 Å². The van der Waals surface area contributed by atoms with Gasteiger partial charge in [0.05, 0.1) is 13.4 Å². The van der Waals surface area contributed by atoms with Crippen molar-refractivity contribution in [2.24, 2.45) is 0 Å². The highest BCUT2D eigenvalue weighted by atomic mass is 16.5. The van der Waals surface area contributed by atoms with Crippen LogP contribution in [0.5, 0.6) is 11.5 Å². The molecule has 2 rings (SSSR count). The van der Waals surface area contributed by atoms with Gasteiger partial charge >= 0.3 is 0 Å². The maximum atomic E-state index is 11.4. The van der Waals surface area contributed by atoms with E-state index in [-0.39, 0.29) is 17.1 Å². The first-order valence-electron chi connectivity index (χ1n) is 5.34. The quantitative estimate of drug-likeness (QED) is 0.753. The van der Waals surface area contributed by atoms with Crippen LogP contribution in [-0.2, 0) is 6.54 Å². The van der Waals surface area contributed by atoms with E-state index in [1.165, 1.54) is 13.4 Å². The molecule has 0 aliphatic rings. The number of methoxy groups -OCH3 is 1. The number of aromatic nitrogens is 2. The van der Waals surface area contributed by atoms with Gasteiger partial charge in [0.2, 0.25) is 5.75 Å². The number of phenols is 1. The Morgan fingerprint density at radius 3 is 2.78 bits per heavy atom. The lowest BCUT2D eigenvalue weighted by atomic mass is 10.2. The van der Waals surface area contributed by atoms with Crippen molar-refractivity contribution >= 4 is 5.82 Å². The Balaban J connectivity index is 2.13. The van der Waals surface area contributed by atoms with Crippen LogP contribution in [0.15, 0.2) is 35.4 Å². The van der Waals surface area contributed by atoms with Crippen molar-refractivity contribution in [2.45, 2.75) is 6.54 Å². The number of anilines is 1. The third-order valence-electron chi connectivity index (χ3n) is 2.41. The van der Waals surface area contributed by atoms with Gasteiger partial charge in [0.1, 0.15) is 5.75 Å². The molecule has 6 nitrogen and oxygen atoms in total. The smallest absolute Gasteiger partial charge is 0.295 e. The van der Waals surface area contributed by atoms with Gasteiger partial charge in [-0.25, -0.2) is 4.98 Å². The highest BCUT2D eigenvalue weighted by Crippen LogP contribution is 2.16. The van der Waals surface area contributed by atoms with E-state index in [9.17, 15) is 4.79 Å². The van der Waals surface area contributed by atoms with Crippen LogP contribution in [-0.4, -0.2) is 22.2 Å². The van der Waals surface area contributed by atoms with E-state index >= 15 is 0 Å². The van der Waals surface area contributed by atoms with Gasteiger partial charge in [-0.15, -0.1) is 0 Å². The molecule has 1 aromatic heterocycles. The van der Waals surface area contributed by atoms with Crippen LogP contribution in [0.25, 0.3) is 0 Å². The average molecular weight is 247 g/mol. The van der Waals surface area contributed by atoms with E-state index in [2.05, 4.69) is 15.3 Å². The van der Waals surface area contributed by atoms with Crippen LogP contribution in [0.3, 0.4) is 0 Å². The van der Waals surface area contributed by atoms with Crippen molar-refractivity contribution in [3.63, 3.8) is 0 Å². The molecule has 18 heavy (non-hydrogen) atoms. The Morgan fingerprint density at radius 1 is 1.39 bits per heavy atom. The Labute approximate surface area is 103 Å². The van der Waals surface area contributed by atoms with E-state index < -0.39 is 0 Å². The topological polar surface area (TPSA) is 87.2 Å². The molecule has 0 saturated heterocycles. The van der Waals surface area contributed by atoms with E-state index in [0.29, 0.717) is 12.4 Å². The zero-order valence-corrected chi connectivity index (χ0v) is 9.80. The number of nitrogens with one attached hydrogen (secondary N) is 2. The second kappa shape index (κ2) is 5.22. The summed E-state index contributed by atoms with van der Waals surface area (Å²) in [5, 5.41) is 12.2. The summed E-state index contributed by atoms with van der Waals surface area (Å²) in [5.41, 5.74) is 0.623. The molecule has 0 bridgehead atoms. The molecule has 94 valence electrons. The lowest BCUT2D eigenvalue weighted by Gasteiger charge is -2.08. The molecule has 1 heterocycles. The highest BCUT2D eigenvalue weighted by Gasteiger charge is 2.07. The standard InChI is InChI=1S/C12H13N3O3/c1-18-10-11(14-7-15-12(10)17)13-6-8-2-4-9(16)5-3-8/h2-5,7,16H,6H2,1H3,(H2,13,14,15,17). The predicted molar refractivity (Wildman–Crippen MR) is 66.8 cm³/mol. The molecule has 0 aliphatic heterocycles. The molecule has 0 aliphatic carbocycles. The molecule has 1 aromatic carbocycles. The van der Waals surface area contributed by atoms with Crippen molar-refractivity contribution in [2.75, 3.05) is 12.4 Å². The largest absolute Gasteiger partial charge is 0.508 e. The van der Waals surface area contributed by atoms with E-state index in [1.54, 1.807) is 24.3 Å². The number of benzene rings is 1. The maximum Gasteiger partial charge on any atom is 0.295 e. The molecule has 0 saturated carbocycles. The summed E-state index contributed by atoms with van der Waals surface area (Å²) in [6.45, 7) is 0.479. The third kappa shape index (κ3) is 2.60. The first-order chi connectivity index (χ1) is 8.70. The fourth-order valence-electron chi connectivity index (χ4n) is 1.50. The van der Waals surface area contributed by atoms with Crippen LogP contribution in [0.1, 0.15) is 5.56 Å². The highest BCUT2D eigenvalue weighted by molar-refractivity contribution is 5.48. The third-order valence-corrected chi connectivity index (χ3v) is 2.41. The van der Waals surface area contributed by atoms with Gasteiger partial charge in [0.25, 0.3) is 5.56 Å². The van der Waals surface area contributed by atoms with Gasteiger partial charge < -0.3 is 20.1 Å². The predicted octanol–water partition coefficient (Wildman–Crippen LogP) is 1.10. The number of phenolic OH excluding ortho intramolecular Hbond substituents is 1. The first-order valence-corrected chi connectivity index (χ1v) is 5.34. The molecule has 0 unspecified atom stereocenters. The summed E-state index contributed by atoms with van der Waals surface area (Å²) in [7, 11) is 1.41.